The van der Waals surface area contributed by atoms with Crippen LogP contribution in [0.2, 0.25) is 5.02 Å². The average molecular weight is 558 g/mol. The number of anilines is 1. The van der Waals surface area contributed by atoms with Crippen molar-refractivity contribution in [2.75, 3.05) is 51.8 Å². The molecule has 0 atom stereocenters. The highest BCUT2D eigenvalue weighted by molar-refractivity contribution is 14.0. The Kier molecular flexibility index (Phi) is 10.2. The smallest absolute Gasteiger partial charge is 0.242 e. The number of nitrogens with zero attached hydrogens (tertiary/aromatic N) is 3. The molecule has 1 heterocycles. The van der Waals surface area contributed by atoms with Crippen LogP contribution in [-0.2, 0) is 11.3 Å². The zero-order valence-corrected chi connectivity index (χ0v) is 20.9. The number of carbonyl (C=O) groups excluding carboxylic acids is 1. The molecule has 1 saturated heterocycles. The van der Waals surface area contributed by atoms with Crippen LogP contribution in [0.3, 0.4) is 0 Å². The van der Waals surface area contributed by atoms with Crippen LogP contribution >= 0.6 is 35.6 Å². The predicted octanol–water partition coefficient (Wildman–Crippen LogP) is 2.98. The van der Waals surface area contributed by atoms with Gasteiger partial charge in [-0.15, -0.1) is 24.0 Å². The van der Waals surface area contributed by atoms with E-state index in [4.69, 9.17) is 16.3 Å². The number of hydrogen-bond acceptors (Lipinski definition) is 4. The van der Waals surface area contributed by atoms with Crippen molar-refractivity contribution >= 4 is 53.1 Å². The van der Waals surface area contributed by atoms with Crippen molar-refractivity contribution in [2.45, 2.75) is 6.54 Å². The molecule has 0 aliphatic carbocycles. The third-order valence-corrected chi connectivity index (χ3v) is 5.33. The fourth-order valence-electron chi connectivity index (χ4n) is 3.29. The summed E-state index contributed by atoms with van der Waals surface area (Å²) in [7, 11) is 3.34. The Morgan fingerprint density at radius 1 is 1.03 bits per heavy atom. The number of methoxy groups -OCH3 is 1. The minimum atomic E-state index is 0. The monoisotopic (exact) mass is 557 g/mol. The van der Waals surface area contributed by atoms with E-state index in [1.807, 2.05) is 53.4 Å². The van der Waals surface area contributed by atoms with E-state index in [2.05, 4.69) is 20.5 Å². The number of rotatable bonds is 6. The molecule has 7 nitrogen and oxygen atoms in total. The Bertz CT molecular complexity index is 853. The van der Waals surface area contributed by atoms with Crippen molar-refractivity contribution in [3.8, 4) is 5.75 Å². The average Bonchev–Trinajstić information content (AvgIpc) is 2.80. The number of guanidine groups is 1. The zero-order valence-electron chi connectivity index (χ0n) is 17.8. The van der Waals surface area contributed by atoms with Crippen LogP contribution in [0.4, 0.5) is 5.69 Å². The largest absolute Gasteiger partial charge is 0.497 e. The summed E-state index contributed by atoms with van der Waals surface area (Å²) >= 11 is 5.96. The summed E-state index contributed by atoms with van der Waals surface area (Å²) in [5.41, 5.74) is 2.23. The topological polar surface area (TPSA) is 69.2 Å². The van der Waals surface area contributed by atoms with Crippen molar-refractivity contribution in [1.82, 2.24) is 15.5 Å². The van der Waals surface area contributed by atoms with E-state index in [0.717, 1.165) is 35.1 Å². The molecule has 1 aliphatic heterocycles. The van der Waals surface area contributed by atoms with Crippen LogP contribution in [-0.4, -0.2) is 63.6 Å². The maximum Gasteiger partial charge on any atom is 0.242 e. The minimum absolute atomic E-state index is 0. The van der Waals surface area contributed by atoms with Gasteiger partial charge in [0.25, 0.3) is 0 Å². The molecule has 1 fully saturated rings. The van der Waals surface area contributed by atoms with Gasteiger partial charge in [-0.2, -0.15) is 0 Å². The summed E-state index contributed by atoms with van der Waals surface area (Å²) in [5.74, 6) is 1.49. The van der Waals surface area contributed by atoms with Crippen LogP contribution in [0.1, 0.15) is 5.56 Å². The molecule has 0 bridgehead atoms. The van der Waals surface area contributed by atoms with Crippen LogP contribution in [0.5, 0.6) is 5.75 Å². The Balaban J connectivity index is 0.00000341. The van der Waals surface area contributed by atoms with Gasteiger partial charge >= 0.3 is 0 Å². The summed E-state index contributed by atoms with van der Waals surface area (Å²) in [6.07, 6.45) is 0. The van der Waals surface area contributed by atoms with Gasteiger partial charge in [-0.3, -0.25) is 9.79 Å². The molecule has 9 heteroatoms. The van der Waals surface area contributed by atoms with E-state index in [-0.39, 0.29) is 36.4 Å². The van der Waals surface area contributed by atoms with E-state index in [1.54, 1.807) is 14.2 Å². The van der Waals surface area contributed by atoms with Gasteiger partial charge in [0.15, 0.2) is 5.96 Å². The van der Waals surface area contributed by atoms with Gasteiger partial charge in [-0.05, 0) is 42.0 Å². The minimum Gasteiger partial charge on any atom is -0.497 e. The Morgan fingerprint density at radius 3 is 2.26 bits per heavy atom. The molecule has 2 aromatic rings. The number of amides is 1. The third kappa shape index (κ3) is 7.46. The molecule has 0 unspecified atom stereocenters. The molecule has 2 N–H and O–H groups in total. The van der Waals surface area contributed by atoms with Crippen molar-refractivity contribution in [3.05, 3.63) is 59.1 Å². The normalized spacial score (nSPS) is 14.0. The van der Waals surface area contributed by atoms with Crippen molar-refractivity contribution in [1.29, 1.82) is 0 Å². The lowest BCUT2D eigenvalue weighted by molar-refractivity contribution is -0.130. The molecule has 168 valence electrons. The summed E-state index contributed by atoms with van der Waals surface area (Å²) in [6.45, 7) is 3.82. The fraction of sp³-hybridized carbons (Fsp3) is 0.364. The molecule has 0 aromatic heterocycles. The van der Waals surface area contributed by atoms with Crippen molar-refractivity contribution in [2.24, 2.45) is 4.99 Å². The first-order valence-electron chi connectivity index (χ1n) is 9.95. The first-order chi connectivity index (χ1) is 14.6. The highest BCUT2D eigenvalue weighted by Crippen LogP contribution is 2.19. The number of ether oxygens (including phenoxy) is 1. The highest BCUT2D eigenvalue weighted by Gasteiger charge is 2.21. The van der Waals surface area contributed by atoms with E-state index < -0.39 is 0 Å². The number of carbonyl (C=O) groups is 1. The molecule has 2 aromatic carbocycles. The Hall–Kier alpha value is -2.20. The fourth-order valence-corrected chi connectivity index (χ4v) is 3.41. The SMILES string of the molecule is CN=C(NCC(=O)N1CCN(c2ccc(Cl)cc2)CC1)NCc1ccc(OC)cc1.I. The van der Waals surface area contributed by atoms with Gasteiger partial charge in [0.1, 0.15) is 5.75 Å². The van der Waals surface area contributed by atoms with Gasteiger partial charge in [0, 0.05) is 50.5 Å². The number of aliphatic imine (C=N–C) groups is 1. The molecule has 31 heavy (non-hydrogen) atoms. The molecule has 0 saturated carbocycles. The van der Waals surface area contributed by atoms with Gasteiger partial charge in [-0.1, -0.05) is 23.7 Å². The summed E-state index contributed by atoms with van der Waals surface area (Å²) in [6, 6.07) is 15.6. The Morgan fingerprint density at radius 2 is 1.68 bits per heavy atom. The first kappa shape index (κ1) is 25.1. The maximum atomic E-state index is 12.6. The van der Waals surface area contributed by atoms with E-state index in [9.17, 15) is 4.79 Å². The highest BCUT2D eigenvalue weighted by atomic mass is 127. The summed E-state index contributed by atoms with van der Waals surface area (Å²) < 4.78 is 5.17. The van der Waals surface area contributed by atoms with Gasteiger partial charge < -0.3 is 25.2 Å². The number of halogens is 2. The van der Waals surface area contributed by atoms with Gasteiger partial charge in [0.2, 0.25) is 5.91 Å². The second kappa shape index (κ2) is 12.6. The third-order valence-electron chi connectivity index (χ3n) is 5.07. The quantitative estimate of drug-likeness (QED) is 0.325. The lowest BCUT2D eigenvalue weighted by Crippen LogP contribution is -2.52. The second-order valence-electron chi connectivity index (χ2n) is 6.97. The van der Waals surface area contributed by atoms with Crippen LogP contribution in [0, 0.1) is 0 Å². The summed E-state index contributed by atoms with van der Waals surface area (Å²) in [4.78, 5) is 20.9. The molecule has 3 rings (SSSR count). The molecule has 1 amide bonds. The standard InChI is InChI=1S/C22H28ClN5O2.HI/c1-24-22(25-15-17-3-9-20(30-2)10-4-17)26-16-21(29)28-13-11-27(12-14-28)19-7-5-18(23)6-8-19;/h3-10H,11-16H2,1-2H3,(H2,24,25,26);1H. The number of nitrogens with one attached hydrogen (secondary N) is 2. The molecular formula is C22H29ClIN5O2. The number of piperazine rings is 1. The van der Waals surface area contributed by atoms with Crippen molar-refractivity contribution in [3.63, 3.8) is 0 Å². The van der Waals surface area contributed by atoms with Crippen LogP contribution in [0.25, 0.3) is 0 Å². The van der Waals surface area contributed by atoms with Gasteiger partial charge in [-0.25, -0.2) is 0 Å². The number of benzene rings is 2. The van der Waals surface area contributed by atoms with Crippen LogP contribution < -0.4 is 20.3 Å². The molecule has 0 spiro atoms. The van der Waals surface area contributed by atoms with E-state index in [1.165, 1.54) is 0 Å². The molecule has 0 radical (unpaired) electrons. The lowest BCUT2D eigenvalue weighted by Gasteiger charge is -2.36. The molecular weight excluding hydrogens is 529 g/mol. The van der Waals surface area contributed by atoms with Crippen LogP contribution in [0.15, 0.2) is 53.5 Å². The zero-order chi connectivity index (χ0) is 21.3. The van der Waals surface area contributed by atoms with E-state index >= 15 is 0 Å². The maximum absolute atomic E-state index is 12.6. The van der Waals surface area contributed by atoms with Gasteiger partial charge in [0.05, 0.1) is 13.7 Å². The second-order valence-corrected chi connectivity index (χ2v) is 7.41. The lowest BCUT2D eigenvalue weighted by atomic mass is 10.2. The van der Waals surface area contributed by atoms with E-state index in [0.29, 0.717) is 25.6 Å². The molecule has 1 aliphatic rings. The summed E-state index contributed by atoms with van der Waals surface area (Å²) in [5, 5.41) is 7.06. The Labute approximate surface area is 205 Å². The van der Waals surface area contributed by atoms with Crippen molar-refractivity contribution < 1.29 is 9.53 Å². The predicted molar refractivity (Wildman–Crippen MR) is 137 cm³/mol. The first-order valence-corrected chi connectivity index (χ1v) is 10.3. The number of hydrogen-bond donors (Lipinski definition) is 2.